The maximum Gasteiger partial charge on any atom is 0.0872 e. The van der Waals surface area contributed by atoms with Crippen LogP contribution in [-0.2, 0) is 0 Å². The Hall–Kier alpha value is -2.30. The summed E-state index contributed by atoms with van der Waals surface area (Å²) in [4.78, 5) is 0. The topological polar surface area (TPSA) is 39.7 Å². The van der Waals surface area contributed by atoms with Crippen molar-refractivity contribution in [2.24, 2.45) is 5.10 Å². The van der Waals surface area contributed by atoms with Gasteiger partial charge in [-0.05, 0) is 49.6 Å². The van der Waals surface area contributed by atoms with Crippen molar-refractivity contribution in [1.82, 2.24) is 10.9 Å². The number of nitrogens with zero attached hydrogens (tertiary/aromatic N) is 2. The number of hydrazine groups is 1. The molecule has 0 saturated heterocycles. The van der Waals surface area contributed by atoms with Crippen LogP contribution in [0, 0.1) is 13.8 Å². The number of nitrogens with one attached hydrogen (secondary N) is 2. The molecular weight excluding hydrogens is 380 g/mol. The van der Waals surface area contributed by atoms with E-state index in [0.717, 1.165) is 47.1 Å². The molecule has 1 unspecified atom stereocenters. The summed E-state index contributed by atoms with van der Waals surface area (Å²) in [7, 11) is 0. The second-order valence-electron chi connectivity index (χ2n) is 7.69. The number of rotatable bonds is 9. The van der Waals surface area contributed by atoms with Gasteiger partial charge in [-0.15, -0.1) is 0 Å². The number of halogens is 1. The first-order valence-corrected chi connectivity index (χ1v) is 10.7. The predicted octanol–water partition coefficient (Wildman–Crippen LogP) is 6.06. The molecule has 154 valence electrons. The molecule has 2 N–H and O–H groups in total. The molecule has 0 bridgehead atoms. The Labute approximate surface area is 179 Å². The molecular formula is C24H31ClN4. The third-order valence-corrected chi connectivity index (χ3v) is 5.51. The van der Waals surface area contributed by atoms with E-state index in [1.54, 1.807) is 0 Å². The van der Waals surface area contributed by atoms with E-state index in [2.05, 4.69) is 67.5 Å². The van der Waals surface area contributed by atoms with Crippen LogP contribution in [0.4, 0.5) is 5.69 Å². The molecule has 5 heteroatoms. The summed E-state index contributed by atoms with van der Waals surface area (Å²) in [5.74, 6) is 0. The molecule has 1 aliphatic rings. The van der Waals surface area contributed by atoms with E-state index in [1.807, 2.05) is 18.2 Å². The minimum atomic E-state index is 0.129. The fourth-order valence-electron chi connectivity index (χ4n) is 3.54. The van der Waals surface area contributed by atoms with Gasteiger partial charge < -0.3 is 5.43 Å². The van der Waals surface area contributed by atoms with Crippen molar-refractivity contribution in [3.05, 3.63) is 76.5 Å². The summed E-state index contributed by atoms with van der Waals surface area (Å²) in [5.41, 5.74) is 13.0. The highest BCUT2D eigenvalue weighted by atomic mass is 35.5. The van der Waals surface area contributed by atoms with Crippen molar-refractivity contribution in [3.8, 4) is 0 Å². The first-order chi connectivity index (χ1) is 14.0. The van der Waals surface area contributed by atoms with Gasteiger partial charge in [-0.25, -0.2) is 5.43 Å². The SMILES string of the molecule is C=C(NNCCCCC)C1=NN(c2ccc(Cl)cc2C)C(c2ccc(C)cc2)C1. The highest BCUT2D eigenvalue weighted by molar-refractivity contribution is 6.30. The molecule has 0 spiro atoms. The number of unbranched alkanes of at least 4 members (excludes halogenated alkanes) is 2. The number of hydrazone groups is 1. The molecule has 4 nitrogen and oxygen atoms in total. The van der Waals surface area contributed by atoms with E-state index in [4.69, 9.17) is 16.7 Å². The Balaban J connectivity index is 1.81. The molecule has 2 aromatic rings. The highest BCUT2D eigenvalue weighted by Gasteiger charge is 2.31. The lowest BCUT2D eigenvalue weighted by Gasteiger charge is -2.25. The lowest BCUT2D eigenvalue weighted by atomic mass is 9.99. The van der Waals surface area contributed by atoms with Crippen LogP contribution in [0.1, 0.15) is 55.3 Å². The first-order valence-electron chi connectivity index (χ1n) is 10.4. The summed E-state index contributed by atoms with van der Waals surface area (Å²) in [6, 6.07) is 14.8. The molecule has 0 amide bonds. The molecule has 0 aromatic heterocycles. The number of hydrogen-bond donors (Lipinski definition) is 2. The lowest BCUT2D eigenvalue weighted by Crippen LogP contribution is -2.34. The molecule has 0 radical (unpaired) electrons. The Morgan fingerprint density at radius 3 is 2.62 bits per heavy atom. The maximum atomic E-state index is 6.18. The van der Waals surface area contributed by atoms with Crippen molar-refractivity contribution in [2.45, 2.75) is 52.5 Å². The molecule has 0 aliphatic carbocycles. The highest BCUT2D eigenvalue weighted by Crippen LogP contribution is 2.38. The van der Waals surface area contributed by atoms with E-state index in [-0.39, 0.29) is 6.04 Å². The normalized spacial score (nSPS) is 16.1. The third kappa shape index (κ3) is 5.40. The van der Waals surface area contributed by atoms with Gasteiger partial charge in [0, 0.05) is 18.0 Å². The van der Waals surface area contributed by atoms with Crippen molar-refractivity contribution in [3.63, 3.8) is 0 Å². The molecule has 2 aromatic carbocycles. The summed E-state index contributed by atoms with van der Waals surface area (Å²) >= 11 is 6.18. The Bertz CT molecular complexity index is 873. The van der Waals surface area contributed by atoms with Gasteiger partial charge in [0.1, 0.15) is 0 Å². The monoisotopic (exact) mass is 410 g/mol. The van der Waals surface area contributed by atoms with Gasteiger partial charge >= 0.3 is 0 Å². The Kier molecular flexibility index (Phi) is 7.34. The van der Waals surface area contributed by atoms with Crippen LogP contribution in [0.5, 0.6) is 0 Å². The lowest BCUT2D eigenvalue weighted by molar-refractivity contribution is 0.569. The summed E-state index contributed by atoms with van der Waals surface area (Å²) in [5, 5.41) is 7.80. The summed E-state index contributed by atoms with van der Waals surface area (Å²) < 4.78 is 0. The van der Waals surface area contributed by atoms with Crippen molar-refractivity contribution in [1.29, 1.82) is 0 Å². The summed E-state index contributed by atoms with van der Waals surface area (Å²) in [6.07, 6.45) is 4.38. The fourth-order valence-corrected chi connectivity index (χ4v) is 3.77. The third-order valence-electron chi connectivity index (χ3n) is 5.27. The van der Waals surface area contributed by atoms with Crippen LogP contribution in [0.2, 0.25) is 5.02 Å². The van der Waals surface area contributed by atoms with Crippen LogP contribution in [0.25, 0.3) is 0 Å². The minimum Gasteiger partial charge on any atom is -0.320 e. The zero-order chi connectivity index (χ0) is 20.8. The van der Waals surface area contributed by atoms with E-state index in [0.29, 0.717) is 0 Å². The fraction of sp³-hybridized carbons (Fsp3) is 0.375. The molecule has 29 heavy (non-hydrogen) atoms. The van der Waals surface area contributed by atoms with Crippen LogP contribution in [0.3, 0.4) is 0 Å². The van der Waals surface area contributed by atoms with E-state index in [9.17, 15) is 0 Å². The van der Waals surface area contributed by atoms with Crippen molar-refractivity contribution in [2.75, 3.05) is 11.6 Å². The Morgan fingerprint density at radius 1 is 1.17 bits per heavy atom. The van der Waals surface area contributed by atoms with Crippen LogP contribution < -0.4 is 15.9 Å². The number of hydrogen-bond acceptors (Lipinski definition) is 4. The van der Waals surface area contributed by atoms with E-state index >= 15 is 0 Å². The molecule has 1 atom stereocenters. The number of allylic oxidation sites excluding steroid dienone is 1. The quantitative estimate of drug-likeness (QED) is 0.389. The standard InChI is InChI=1S/C24H31ClN4/c1-5-6-7-14-26-27-19(4)22-16-24(20-10-8-17(2)9-11-20)29(28-22)23-13-12-21(25)15-18(23)3/h8-13,15,24,26-27H,4-7,14,16H2,1-3H3. The number of anilines is 1. The van der Waals surface area contributed by atoms with Gasteiger partial charge in [0.25, 0.3) is 0 Å². The Morgan fingerprint density at radius 2 is 1.93 bits per heavy atom. The van der Waals surface area contributed by atoms with Gasteiger partial charge in [0.2, 0.25) is 0 Å². The van der Waals surface area contributed by atoms with Crippen molar-refractivity contribution >= 4 is 23.0 Å². The van der Waals surface area contributed by atoms with Crippen molar-refractivity contribution < 1.29 is 0 Å². The van der Waals surface area contributed by atoms with Gasteiger partial charge in [0.05, 0.1) is 23.1 Å². The van der Waals surface area contributed by atoms with Gasteiger partial charge in [-0.3, -0.25) is 5.01 Å². The molecule has 0 saturated carbocycles. The number of aryl methyl sites for hydroxylation is 2. The molecule has 1 aliphatic heterocycles. The largest absolute Gasteiger partial charge is 0.320 e. The second kappa shape index (κ2) is 9.95. The molecule has 3 rings (SSSR count). The average Bonchev–Trinajstić information content (AvgIpc) is 3.13. The van der Waals surface area contributed by atoms with Gasteiger partial charge in [-0.2, -0.15) is 5.10 Å². The summed E-state index contributed by atoms with van der Waals surface area (Å²) in [6.45, 7) is 11.5. The van der Waals surface area contributed by atoms with Crippen LogP contribution in [-0.4, -0.2) is 12.3 Å². The van der Waals surface area contributed by atoms with Gasteiger partial charge in [0.15, 0.2) is 0 Å². The smallest absolute Gasteiger partial charge is 0.0872 e. The zero-order valence-corrected chi connectivity index (χ0v) is 18.4. The maximum absolute atomic E-state index is 6.18. The second-order valence-corrected chi connectivity index (χ2v) is 8.13. The minimum absolute atomic E-state index is 0.129. The van der Waals surface area contributed by atoms with Gasteiger partial charge in [-0.1, -0.05) is 67.8 Å². The molecule has 0 fully saturated rings. The molecule has 1 heterocycles. The zero-order valence-electron chi connectivity index (χ0n) is 17.6. The average molecular weight is 411 g/mol. The first kappa shape index (κ1) is 21.4. The number of benzene rings is 2. The van der Waals surface area contributed by atoms with E-state index < -0.39 is 0 Å². The van der Waals surface area contributed by atoms with Crippen LogP contribution >= 0.6 is 11.6 Å². The predicted molar refractivity (Wildman–Crippen MR) is 124 cm³/mol. The van der Waals surface area contributed by atoms with E-state index in [1.165, 1.54) is 24.0 Å². The van der Waals surface area contributed by atoms with Crippen LogP contribution in [0.15, 0.2) is 59.8 Å².